The molecule has 1 aromatic heterocycles. The van der Waals surface area contributed by atoms with Gasteiger partial charge in [0, 0.05) is 31.9 Å². The van der Waals surface area contributed by atoms with Crippen LogP contribution in [0.3, 0.4) is 0 Å². The van der Waals surface area contributed by atoms with Gasteiger partial charge in [-0.3, -0.25) is 9.78 Å². The van der Waals surface area contributed by atoms with Crippen molar-refractivity contribution in [3.8, 4) is 0 Å². The first-order valence-electron chi connectivity index (χ1n) is 4.58. The predicted octanol–water partition coefficient (Wildman–Crippen LogP) is 0.355. The average Bonchev–Trinajstić information content (AvgIpc) is 2.15. The SMILES string of the molecule is Cc1cnccc1CNCCC(N)=O. The maximum atomic E-state index is 10.4. The number of carbonyl (C=O) groups excluding carboxylic acids is 1. The van der Waals surface area contributed by atoms with Crippen LogP contribution in [0.25, 0.3) is 0 Å². The number of hydrogen-bond acceptors (Lipinski definition) is 3. The lowest BCUT2D eigenvalue weighted by molar-refractivity contribution is -0.117. The Morgan fingerprint density at radius 2 is 2.43 bits per heavy atom. The van der Waals surface area contributed by atoms with Crippen molar-refractivity contribution in [1.29, 1.82) is 0 Å². The van der Waals surface area contributed by atoms with E-state index in [1.54, 1.807) is 6.20 Å². The largest absolute Gasteiger partial charge is 0.370 e. The fourth-order valence-corrected chi connectivity index (χ4v) is 1.14. The van der Waals surface area contributed by atoms with Crippen molar-refractivity contribution in [3.63, 3.8) is 0 Å². The summed E-state index contributed by atoms with van der Waals surface area (Å²) in [7, 11) is 0. The van der Waals surface area contributed by atoms with E-state index >= 15 is 0 Å². The van der Waals surface area contributed by atoms with Gasteiger partial charge in [0.25, 0.3) is 0 Å². The molecular weight excluding hydrogens is 178 g/mol. The molecule has 0 saturated heterocycles. The molecule has 1 aromatic rings. The van der Waals surface area contributed by atoms with E-state index in [2.05, 4.69) is 10.3 Å². The summed E-state index contributed by atoms with van der Waals surface area (Å²) in [4.78, 5) is 14.4. The molecule has 0 saturated carbocycles. The molecule has 1 rings (SSSR count). The van der Waals surface area contributed by atoms with Gasteiger partial charge in [-0.25, -0.2) is 0 Å². The molecule has 0 aliphatic heterocycles. The van der Waals surface area contributed by atoms with Gasteiger partial charge < -0.3 is 11.1 Å². The van der Waals surface area contributed by atoms with Crippen molar-refractivity contribution < 1.29 is 4.79 Å². The Morgan fingerprint density at radius 1 is 1.64 bits per heavy atom. The number of hydrogen-bond donors (Lipinski definition) is 2. The molecule has 0 aromatic carbocycles. The van der Waals surface area contributed by atoms with Crippen molar-refractivity contribution in [2.24, 2.45) is 5.73 Å². The Bertz CT molecular complexity index is 312. The number of aryl methyl sites for hydroxylation is 1. The zero-order valence-corrected chi connectivity index (χ0v) is 8.29. The van der Waals surface area contributed by atoms with E-state index in [0.29, 0.717) is 13.0 Å². The van der Waals surface area contributed by atoms with E-state index in [0.717, 1.165) is 12.1 Å². The fourth-order valence-electron chi connectivity index (χ4n) is 1.14. The smallest absolute Gasteiger partial charge is 0.218 e. The predicted molar refractivity (Wildman–Crippen MR) is 54.5 cm³/mol. The second-order valence-electron chi connectivity index (χ2n) is 3.20. The average molecular weight is 193 g/mol. The van der Waals surface area contributed by atoms with Gasteiger partial charge in [-0.1, -0.05) is 0 Å². The Labute approximate surface area is 83.5 Å². The summed E-state index contributed by atoms with van der Waals surface area (Å²) in [5, 5.41) is 3.15. The third-order valence-corrected chi connectivity index (χ3v) is 2.00. The van der Waals surface area contributed by atoms with Crippen LogP contribution in [-0.2, 0) is 11.3 Å². The highest BCUT2D eigenvalue weighted by Crippen LogP contribution is 2.03. The minimum atomic E-state index is -0.274. The summed E-state index contributed by atoms with van der Waals surface area (Å²) >= 11 is 0. The number of nitrogens with two attached hydrogens (primary N) is 1. The van der Waals surface area contributed by atoms with Gasteiger partial charge in [-0.05, 0) is 24.1 Å². The molecule has 0 bridgehead atoms. The van der Waals surface area contributed by atoms with Crippen molar-refractivity contribution in [3.05, 3.63) is 29.6 Å². The Morgan fingerprint density at radius 3 is 3.07 bits per heavy atom. The number of nitrogens with zero attached hydrogens (tertiary/aromatic N) is 1. The molecule has 0 aliphatic carbocycles. The second kappa shape index (κ2) is 5.34. The van der Waals surface area contributed by atoms with Crippen LogP contribution in [0.2, 0.25) is 0 Å². The van der Waals surface area contributed by atoms with Gasteiger partial charge in [0.1, 0.15) is 0 Å². The van der Waals surface area contributed by atoms with E-state index in [-0.39, 0.29) is 5.91 Å². The third-order valence-electron chi connectivity index (χ3n) is 2.00. The Kier molecular flexibility index (Phi) is 4.07. The van der Waals surface area contributed by atoms with Crippen LogP contribution in [0, 0.1) is 6.92 Å². The number of carbonyl (C=O) groups is 1. The lowest BCUT2D eigenvalue weighted by Gasteiger charge is -2.05. The highest BCUT2D eigenvalue weighted by atomic mass is 16.1. The van der Waals surface area contributed by atoms with Crippen LogP contribution in [-0.4, -0.2) is 17.4 Å². The number of aromatic nitrogens is 1. The quantitative estimate of drug-likeness (QED) is 0.663. The molecule has 3 N–H and O–H groups in total. The highest BCUT2D eigenvalue weighted by molar-refractivity contribution is 5.73. The zero-order valence-electron chi connectivity index (χ0n) is 8.29. The third kappa shape index (κ3) is 3.53. The lowest BCUT2D eigenvalue weighted by Crippen LogP contribution is -2.21. The van der Waals surface area contributed by atoms with E-state index in [9.17, 15) is 4.79 Å². The normalized spacial score (nSPS) is 10.1. The van der Waals surface area contributed by atoms with Gasteiger partial charge in [0.2, 0.25) is 5.91 Å². The molecule has 0 unspecified atom stereocenters. The molecule has 4 nitrogen and oxygen atoms in total. The molecule has 0 radical (unpaired) electrons. The van der Waals surface area contributed by atoms with Gasteiger partial charge in [-0.15, -0.1) is 0 Å². The summed E-state index contributed by atoms with van der Waals surface area (Å²) in [6.45, 7) is 3.39. The number of primary amides is 1. The van der Waals surface area contributed by atoms with Crippen molar-refractivity contribution in [2.75, 3.05) is 6.54 Å². The molecule has 0 aliphatic rings. The molecular formula is C10H15N3O. The molecule has 14 heavy (non-hydrogen) atoms. The van der Waals surface area contributed by atoms with E-state index in [1.807, 2.05) is 19.2 Å². The first-order valence-corrected chi connectivity index (χ1v) is 4.58. The minimum absolute atomic E-state index is 0.274. The summed E-state index contributed by atoms with van der Waals surface area (Å²) < 4.78 is 0. The van der Waals surface area contributed by atoms with Gasteiger partial charge in [-0.2, -0.15) is 0 Å². The van der Waals surface area contributed by atoms with Crippen molar-refractivity contribution in [2.45, 2.75) is 19.9 Å². The first kappa shape index (κ1) is 10.7. The monoisotopic (exact) mass is 193 g/mol. The summed E-state index contributed by atoms with van der Waals surface area (Å²) in [5.74, 6) is -0.274. The van der Waals surface area contributed by atoms with E-state index in [4.69, 9.17) is 5.73 Å². The minimum Gasteiger partial charge on any atom is -0.370 e. The fraction of sp³-hybridized carbons (Fsp3) is 0.400. The second-order valence-corrected chi connectivity index (χ2v) is 3.20. The molecule has 0 fully saturated rings. The molecule has 4 heteroatoms. The first-order chi connectivity index (χ1) is 6.70. The van der Waals surface area contributed by atoms with Crippen LogP contribution in [0.1, 0.15) is 17.5 Å². The van der Waals surface area contributed by atoms with Crippen LogP contribution in [0.15, 0.2) is 18.5 Å². The van der Waals surface area contributed by atoms with Crippen LogP contribution in [0.5, 0.6) is 0 Å². The lowest BCUT2D eigenvalue weighted by atomic mass is 10.1. The van der Waals surface area contributed by atoms with Crippen LogP contribution >= 0.6 is 0 Å². The summed E-state index contributed by atoms with van der Waals surface area (Å²) in [5.41, 5.74) is 7.36. The zero-order chi connectivity index (χ0) is 10.4. The maximum Gasteiger partial charge on any atom is 0.218 e. The number of rotatable bonds is 5. The van der Waals surface area contributed by atoms with Crippen molar-refractivity contribution >= 4 is 5.91 Å². The molecule has 0 atom stereocenters. The van der Waals surface area contributed by atoms with E-state index in [1.165, 1.54) is 5.56 Å². The van der Waals surface area contributed by atoms with E-state index < -0.39 is 0 Å². The Hall–Kier alpha value is -1.42. The van der Waals surface area contributed by atoms with Crippen molar-refractivity contribution in [1.82, 2.24) is 10.3 Å². The van der Waals surface area contributed by atoms with Crippen LogP contribution < -0.4 is 11.1 Å². The summed E-state index contributed by atoms with van der Waals surface area (Å²) in [6, 6.07) is 1.96. The molecule has 1 amide bonds. The maximum absolute atomic E-state index is 10.4. The Balaban J connectivity index is 2.31. The number of pyridine rings is 1. The molecule has 0 spiro atoms. The standard InChI is InChI=1S/C10H15N3O/c1-8-6-12-4-2-9(8)7-13-5-3-10(11)14/h2,4,6,13H,3,5,7H2,1H3,(H2,11,14). The van der Waals surface area contributed by atoms with Crippen LogP contribution in [0.4, 0.5) is 0 Å². The van der Waals surface area contributed by atoms with Gasteiger partial charge in [0.05, 0.1) is 0 Å². The molecule has 76 valence electrons. The number of nitrogens with one attached hydrogen (secondary N) is 1. The highest BCUT2D eigenvalue weighted by Gasteiger charge is 1.97. The number of amides is 1. The van der Waals surface area contributed by atoms with Gasteiger partial charge >= 0.3 is 0 Å². The van der Waals surface area contributed by atoms with Gasteiger partial charge in [0.15, 0.2) is 0 Å². The topological polar surface area (TPSA) is 68.0 Å². The molecule has 1 heterocycles. The summed E-state index contributed by atoms with van der Waals surface area (Å²) in [6.07, 6.45) is 3.97.